The molecule has 4 heterocycles. The van der Waals surface area contributed by atoms with Crippen molar-refractivity contribution >= 4 is 5.82 Å². The van der Waals surface area contributed by atoms with Crippen LogP contribution in [0.4, 0.5) is 5.82 Å². The van der Waals surface area contributed by atoms with E-state index in [0.29, 0.717) is 6.04 Å². The van der Waals surface area contributed by atoms with Gasteiger partial charge < -0.3 is 14.6 Å². The molecule has 0 aromatic carbocycles. The molecule has 0 radical (unpaired) electrons. The van der Waals surface area contributed by atoms with Gasteiger partial charge in [0.05, 0.1) is 12.2 Å². The molecule has 1 aliphatic heterocycles. The molecular formula is C18H24N6O. The second-order valence-corrected chi connectivity index (χ2v) is 6.67. The van der Waals surface area contributed by atoms with Crippen LogP contribution in [0.15, 0.2) is 34.9 Å². The fourth-order valence-corrected chi connectivity index (χ4v) is 3.50. The molecule has 4 rings (SSSR count). The van der Waals surface area contributed by atoms with E-state index in [2.05, 4.69) is 31.6 Å². The Bertz CT molecular complexity index is 819. The van der Waals surface area contributed by atoms with Gasteiger partial charge in [-0.15, -0.1) is 0 Å². The minimum Gasteiger partial charge on any atom is -0.458 e. The van der Waals surface area contributed by atoms with Crippen molar-refractivity contribution in [3.8, 4) is 11.5 Å². The number of hydrogen-bond acceptors (Lipinski definition) is 5. The van der Waals surface area contributed by atoms with Crippen LogP contribution >= 0.6 is 0 Å². The number of H-pyrrole nitrogens is 1. The third kappa shape index (κ3) is 3.46. The highest BCUT2D eigenvalue weighted by Crippen LogP contribution is 2.22. The van der Waals surface area contributed by atoms with Crippen molar-refractivity contribution in [2.24, 2.45) is 7.05 Å². The van der Waals surface area contributed by atoms with Gasteiger partial charge in [-0.25, -0.2) is 0 Å². The van der Waals surface area contributed by atoms with E-state index in [1.54, 1.807) is 6.20 Å². The molecule has 1 fully saturated rings. The van der Waals surface area contributed by atoms with E-state index < -0.39 is 0 Å². The topological polar surface area (TPSA) is 74.9 Å². The van der Waals surface area contributed by atoms with Crippen molar-refractivity contribution in [2.45, 2.75) is 32.4 Å². The van der Waals surface area contributed by atoms with Crippen LogP contribution in [0, 0.1) is 6.92 Å². The number of rotatable bonds is 5. The molecule has 1 saturated heterocycles. The van der Waals surface area contributed by atoms with E-state index in [4.69, 9.17) is 4.42 Å². The third-order valence-electron chi connectivity index (χ3n) is 4.72. The largest absolute Gasteiger partial charge is 0.458 e. The number of hydrogen-bond donors (Lipinski definition) is 2. The normalized spacial score (nSPS) is 18.0. The average Bonchev–Trinajstić information content (AvgIpc) is 3.33. The van der Waals surface area contributed by atoms with Crippen molar-refractivity contribution in [1.82, 2.24) is 25.3 Å². The van der Waals surface area contributed by atoms with Gasteiger partial charge in [0, 0.05) is 38.4 Å². The van der Waals surface area contributed by atoms with E-state index in [9.17, 15) is 0 Å². The summed E-state index contributed by atoms with van der Waals surface area (Å²) < 4.78 is 7.86. The first-order valence-corrected chi connectivity index (χ1v) is 8.76. The molecule has 7 heteroatoms. The lowest BCUT2D eigenvalue weighted by Gasteiger charge is -2.34. The highest BCUT2D eigenvalue weighted by atomic mass is 16.3. The van der Waals surface area contributed by atoms with Gasteiger partial charge in [0.15, 0.2) is 5.76 Å². The van der Waals surface area contributed by atoms with Crippen molar-refractivity contribution in [3.63, 3.8) is 0 Å². The van der Waals surface area contributed by atoms with Crippen molar-refractivity contribution in [3.05, 3.63) is 41.9 Å². The molecule has 7 nitrogen and oxygen atoms in total. The van der Waals surface area contributed by atoms with Crippen LogP contribution in [0.5, 0.6) is 0 Å². The Labute approximate surface area is 147 Å². The van der Waals surface area contributed by atoms with Crippen LogP contribution < -0.4 is 10.2 Å². The maximum atomic E-state index is 5.89. The van der Waals surface area contributed by atoms with Crippen LogP contribution in [0.3, 0.4) is 0 Å². The zero-order valence-electron chi connectivity index (χ0n) is 14.7. The highest BCUT2D eigenvalue weighted by molar-refractivity contribution is 5.51. The SMILES string of the molecule is Cc1cc(N2CCC[C@H](NCc3ccc(-c4ccn[nH]4)o3)C2)n(C)n1. The number of aromatic nitrogens is 4. The van der Waals surface area contributed by atoms with Crippen LogP contribution in [0.25, 0.3) is 11.5 Å². The van der Waals surface area contributed by atoms with E-state index in [0.717, 1.165) is 42.5 Å². The number of furan rings is 1. The van der Waals surface area contributed by atoms with Gasteiger partial charge in [-0.3, -0.25) is 9.78 Å². The molecule has 0 amide bonds. The average molecular weight is 340 g/mol. The summed E-state index contributed by atoms with van der Waals surface area (Å²) in [6.45, 7) is 4.85. The Morgan fingerprint density at radius 3 is 3.04 bits per heavy atom. The molecule has 0 spiro atoms. The van der Waals surface area contributed by atoms with E-state index >= 15 is 0 Å². The monoisotopic (exact) mass is 340 g/mol. The van der Waals surface area contributed by atoms with Gasteiger partial charge in [-0.2, -0.15) is 10.2 Å². The minimum atomic E-state index is 0.449. The molecule has 3 aromatic heterocycles. The molecule has 0 saturated carbocycles. The van der Waals surface area contributed by atoms with Crippen LogP contribution in [0.1, 0.15) is 24.3 Å². The zero-order valence-corrected chi connectivity index (χ0v) is 14.7. The van der Waals surface area contributed by atoms with Gasteiger partial charge in [0.2, 0.25) is 0 Å². The molecule has 0 aliphatic carbocycles. The Hall–Kier alpha value is -2.54. The lowest BCUT2D eigenvalue weighted by molar-refractivity contribution is 0.394. The number of nitrogens with zero attached hydrogens (tertiary/aromatic N) is 4. The molecule has 1 aliphatic rings. The predicted octanol–water partition coefficient (Wildman–Crippen LogP) is 2.47. The second-order valence-electron chi connectivity index (χ2n) is 6.67. The molecule has 1 atom stereocenters. The second kappa shape index (κ2) is 6.76. The lowest BCUT2D eigenvalue weighted by atomic mass is 10.1. The Morgan fingerprint density at radius 1 is 1.36 bits per heavy atom. The molecular weight excluding hydrogens is 316 g/mol. The maximum absolute atomic E-state index is 5.89. The molecule has 0 bridgehead atoms. The number of aromatic amines is 1. The van der Waals surface area contributed by atoms with Gasteiger partial charge in [-0.05, 0) is 38.0 Å². The maximum Gasteiger partial charge on any atom is 0.152 e. The summed E-state index contributed by atoms with van der Waals surface area (Å²) in [5, 5.41) is 15.0. The van der Waals surface area contributed by atoms with Gasteiger partial charge in [0.1, 0.15) is 17.3 Å². The minimum absolute atomic E-state index is 0.449. The molecule has 0 unspecified atom stereocenters. The summed E-state index contributed by atoms with van der Waals surface area (Å²) in [7, 11) is 2.01. The highest BCUT2D eigenvalue weighted by Gasteiger charge is 2.22. The summed E-state index contributed by atoms with van der Waals surface area (Å²) >= 11 is 0. The fraction of sp³-hybridized carbons (Fsp3) is 0.444. The quantitative estimate of drug-likeness (QED) is 0.746. The summed E-state index contributed by atoms with van der Waals surface area (Å²) in [6, 6.07) is 8.52. The van der Waals surface area contributed by atoms with Crippen LogP contribution in [-0.4, -0.2) is 39.1 Å². The van der Waals surface area contributed by atoms with E-state index in [-0.39, 0.29) is 0 Å². The number of aryl methyl sites for hydroxylation is 2. The van der Waals surface area contributed by atoms with Gasteiger partial charge in [0.25, 0.3) is 0 Å². The number of nitrogens with one attached hydrogen (secondary N) is 2. The molecule has 132 valence electrons. The van der Waals surface area contributed by atoms with Crippen LogP contribution in [-0.2, 0) is 13.6 Å². The van der Waals surface area contributed by atoms with Gasteiger partial charge in [-0.1, -0.05) is 0 Å². The van der Waals surface area contributed by atoms with Crippen LogP contribution in [0.2, 0.25) is 0 Å². The lowest BCUT2D eigenvalue weighted by Crippen LogP contribution is -2.46. The number of piperidine rings is 1. The summed E-state index contributed by atoms with van der Waals surface area (Å²) in [5.74, 6) is 2.96. The first kappa shape index (κ1) is 16.0. The summed E-state index contributed by atoms with van der Waals surface area (Å²) in [5.41, 5.74) is 1.97. The smallest absolute Gasteiger partial charge is 0.152 e. The predicted molar refractivity (Wildman–Crippen MR) is 96.3 cm³/mol. The first-order chi connectivity index (χ1) is 12.2. The van der Waals surface area contributed by atoms with Crippen molar-refractivity contribution < 1.29 is 4.42 Å². The molecule has 2 N–H and O–H groups in total. The summed E-state index contributed by atoms with van der Waals surface area (Å²) in [4.78, 5) is 2.42. The Morgan fingerprint density at radius 2 is 2.28 bits per heavy atom. The number of anilines is 1. The fourth-order valence-electron chi connectivity index (χ4n) is 3.50. The Balaban J connectivity index is 1.36. The first-order valence-electron chi connectivity index (χ1n) is 8.76. The standard InChI is InChI=1S/C18H24N6O/c1-13-10-18(23(2)22-13)24-9-3-4-14(12-24)19-11-15-5-6-17(25-15)16-7-8-20-21-16/h5-8,10,14,19H,3-4,9,11-12H2,1-2H3,(H,20,21)/t14-/m0/s1. The van der Waals surface area contributed by atoms with Crippen molar-refractivity contribution in [1.29, 1.82) is 0 Å². The van der Waals surface area contributed by atoms with Gasteiger partial charge >= 0.3 is 0 Å². The summed E-state index contributed by atoms with van der Waals surface area (Å²) in [6.07, 6.45) is 4.09. The van der Waals surface area contributed by atoms with E-state index in [1.165, 1.54) is 18.7 Å². The zero-order chi connectivity index (χ0) is 17.2. The Kier molecular flexibility index (Phi) is 4.31. The van der Waals surface area contributed by atoms with E-state index in [1.807, 2.05) is 36.9 Å². The third-order valence-corrected chi connectivity index (χ3v) is 4.72. The molecule has 3 aromatic rings. The molecule has 25 heavy (non-hydrogen) atoms. The van der Waals surface area contributed by atoms with Crippen molar-refractivity contribution in [2.75, 3.05) is 18.0 Å².